The van der Waals surface area contributed by atoms with Crippen LogP contribution in [0.5, 0.6) is 11.8 Å². The number of carbonyl (C=O) groups is 2. The number of furan rings is 1. The van der Waals surface area contributed by atoms with Gasteiger partial charge >= 0.3 is 0 Å². The standard InChI is InChI=1S/C18H21N3O5/c1-24-15-8-7-14(17(19-15)25-2)18(23)21-11-4-10-20(21)16(22)9-6-13-5-3-12-26-13/h3,5,7-8,12H,4,6,9-11H2,1-2H3. The lowest BCUT2D eigenvalue weighted by molar-refractivity contribution is -0.140. The molecule has 1 saturated heterocycles. The van der Waals surface area contributed by atoms with Crippen molar-refractivity contribution in [2.45, 2.75) is 19.3 Å². The van der Waals surface area contributed by atoms with Crippen LogP contribution in [0.2, 0.25) is 0 Å². The summed E-state index contributed by atoms with van der Waals surface area (Å²) < 4.78 is 15.5. The minimum Gasteiger partial charge on any atom is -0.481 e. The maximum absolute atomic E-state index is 12.9. The van der Waals surface area contributed by atoms with E-state index in [1.165, 1.54) is 24.2 Å². The van der Waals surface area contributed by atoms with Gasteiger partial charge in [0.25, 0.3) is 5.91 Å². The molecule has 3 heterocycles. The average molecular weight is 359 g/mol. The van der Waals surface area contributed by atoms with E-state index in [0.717, 1.165) is 12.2 Å². The molecule has 0 saturated carbocycles. The number of aromatic nitrogens is 1. The van der Waals surface area contributed by atoms with E-state index < -0.39 is 0 Å². The number of pyridine rings is 1. The Hall–Kier alpha value is -3.03. The summed E-state index contributed by atoms with van der Waals surface area (Å²) in [7, 11) is 2.93. The van der Waals surface area contributed by atoms with Crippen LogP contribution < -0.4 is 9.47 Å². The maximum Gasteiger partial charge on any atom is 0.277 e. The SMILES string of the molecule is COc1ccc(C(=O)N2CCCN2C(=O)CCc2ccco2)c(OC)n1. The molecule has 138 valence electrons. The third-order valence-electron chi connectivity index (χ3n) is 4.19. The zero-order valence-corrected chi connectivity index (χ0v) is 14.8. The fraction of sp³-hybridized carbons (Fsp3) is 0.389. The van der Waals surface area contributed by atoms with E-state index in [2.05, 4.69) is 4.98 Å². The zero-order valence-electron chi connectivity index (χ0n) is 14.8. The fourth-order valence-electron chi connectivity index (χ4n) is 2.89. The zero-order chi connectivity index (χ0) is 18.5. The van der Waals surface area contributed by atoms with Gasteiger partial charge in [-0.3, -0.25) is 14.6 Å². The van der Waals surface area contributed by atoms with Crippen LogP contribution >= 0.6 is 0 Å². The van der Waals surface area contributed by atoms with Crippen LogP contribution in [0.3, 0.4) is 0 Å². The number of hydrazine groups is 1. The van der Waals surface area contributed by atoms with Crippen molar-refractivity contribution in [3.63, 3.8) is 0 Å². The first-order valence-electron chi connectivity index (χ1n) is 8.37. The van der Waals surface area contributed by atoms with Gasteiger partial charge in [-0.1, -0.05) is 0 Å². The molecule has 26 heavy (non-hydrogen) atoms. The van der Waals surface area contributed by atoms with Gasteiger partial charge in [0.15, 0.2) is 0 Å². The number of amides is 2. The van der Waals surface area contributed by atoms with Crippen molar-refractivity contribution in [3.8, 4) is 11.8 Å². The molecule has 0 radical (unpaired) electrons. The van der Waals surface area contributed by atoms with Crippen LogP contribution in [0, 0.1) is 0 Å². The molecular formula is C18H21N3O5. The predicted molar refractivity (Wildman–Crippen MR) is 91.7 cm³/mol. The van der Waals surface area contributed by atoms with Gasteiger partial charge in [0.1, 0.15) is 11.3 Å². The molecule has 1 aliphatic heterocycles. The van der Waals surface area contributed by atoms with Gasteiger partial charge in [-0.05, 0) is 24.6 Å². The second-order valence-electron chi connectivity index (χ2n) is 5.79. The third-order valence-corrected chi connectivity index (χ3v) is 4.19. The molecule has 0 bridgehead atoms. The number of hydrogen-bond donors (Lipinski definition) is 0. The maximum atomic E-state index is 12.9. The molecule has 8 heteroatoms. The number of nitrogens with zero attached hydrogens (tertiary/aromatic N) is 3. The minimum atomic E-state index is -0.319. The summed E-state index contributed by atoms with van der Waals surface area (Å²) in [5.74, 6) is 0.834. The second kappa shape index (κ2) is 7.90. The first-order valence-corrected chi connectivity index (χ1v) is 8.37. The summed E-state index contributed by atoms with van der Waals surface area (Å²) in [5, 5.41) is 2.95. The molecule has 2 aromatic rings. The molecule has 0 N–H and O–H groups in total. The monoisotopic (exact) mass is 359 g/mol. The Morgan fingerprint density at radius 2 is 1.96 bits per heavy atom. The van der Waals surface area contributed by atoms with Crippen LogP contribution in [-0.4, -0.2) is 54.1 Å². The van der Waals surface area contributed by atoms with E-state index in [0.29, 0.717) is 31.0 Å². The van der Waals surface area contributed by atoms with Gasteiger partial charge in [0.2, 0.25) is 17.7 Å². The lowest BCUT2D eigenvalue weighted by atomic mass is 10.2. The van der Waals surface area contributed by atoms with E-state index in [9.17, 15) is 9.59 Å². The molecule has 0 atom stereocenters. The predicted octanol–water partition coefficient (Wildman–Crippen LogP) is 1.91. The van der Waals surface area contributed by atoms with Gasteiger partial charge in [0.05, 0.1) is 20.5 Å². The lowest BCUT2D eigenvalue weighted by Crippen LogP contribution is -2.45. The molecule has 1 fully saturated rings. The summed E-state index contributed by atoms with van der Waals surface area (Å²) >= 11 is 0. The Morgan fingerprint density at radius 1 is 1.15 bits per heavy atom. The number of aryl methyl sites for hydroxylation is 1. The van der Waals surface area contributed by atoms with Crippen LogP contribution in [-0.2, 0) is 11.2 Å². The highest BCUT2D eigenvalue weighted by Gasteiger charge is 2.32. The summed E-state index contributed by atoms with van der Waals surface area (Å²) in [4.78, 5) is 29.6. The van der Waals surface area contributed by atoms with Crippen molar-refractivity contribution in [1.29, 1.82) is 0 Å². The summed E-state index contributed by atoms with van der Waals surface area (Å²) in [6, 6.07) is 6.80. The van der Waals surface area contributed by atoms with Crippen molar-refractivity contribution in [2.75, 3.05) is 27.3 Å². The molecule has 0 aromatic carbocycles. The summed E-state index contributed by atoms with van der Waals surface area (Å²) in [6.45, 7) is 0.981. The van der Waals surface area contributed by atoms with Crippen molar-refractivity contribution in [2.24, 2.45) is 0 Å². The first kappa shape index (κ1) is 17.8. The highest BCUT2D eigenvalue weighted by molar-refractivity contribution is 5.97. The van der Waals surface area contributed by atoms with Crippen LogP contribution in [0.15, 0.2) is 34.9 Å². The number of hydrogen-bond acceptors (Lipinski definition) is 6. The van der Waals surface area contributed by atoms with E-state index in [1.807, 2.05) is 6.07 Å². The molecule has 8 nitrogen and oxygen atoms in total. The number of carbonyl (C=O) groups excluding carboxylic acids is 2. The van der Waals surface area contributed by atoms with Gasteiger partial charge < -0.3 is 13.9 Å². The number of methoxy groups -OCH3 is 2. The highest BCUT2D eigenvalue weighted by Crippen LogP contribution is 2.24. The third kappa shape index (κ3) is 3.63. The van der Waals surface area contributed by atoms with Gasteiger partial charge in [-0.25, -0.2) is 5.01 Å². The Kier molecular flexibility index (Phi) is 5.40. The second-order valence-corrected chi connectivity index (χ2v) is 5.79. The smallest absolute Gasteiger partial charge is 0.277 e. The molecular weight excluding hydrogens is 338 g/mol. The first-order chi connectivity index (χ1) is 12.6. The van der Waals surface area contributed by atoms with E-state index in [4.69, 9.17) is 13.9 Å². The van der Waals surface area contributed by atoms with Crippen molar-refractivity contribution in [1.82, 2.24) is 15.0 Å². The normalized spacial score (nSPS) is 13.8. The molecule has 1 aliphatic rings. The van der Waals surface area contributed by atoms with Crippen molar-refractivity contribution in [3.05, 3.63) is 41.9 Å². The minimum absolute atomic E-state index is 0.118. The average Bonchev–Trinajstić information content (AvgIpc) is 3.36. The number of ether oxygens (including phenoxy) is 2. The number of rotatable bonds is 6. The van der Waals surface area contributed by atoms with E-state index >= 15 is 0 Å². The van der Waals surface area contributed by atoms with Crippen molar-refractivity contribution < 1.29 is 23.5 Å². The Morgan fingerprint density at radius 3 is 2.65 bits per heavy atom. The Balaban J connectivity index is 1.72. The van der Waals surface area contributed by atoms with E-state index in [-0.39, 0.29) is 24.1 Å². The molecule has 2 aromatic heterocycles. The highest BCUT2D eigenvalue weighted by atomic mass is 16.5. The van der Waals surface area contributed by atoms with Gasteiger partial charge in [-0.2, -0.15) is 4.98 Å². The molecule has 0 aliphatic carbocycles. The summed E-state index contributed by atoms with van der Waals surface area (Å²) in [5.41, 5.74) is 0.291. The molecule has 3 rings (SSSR count). The van der Waals surface area contributed by atoms with Gasteiger partial charge in [0, 0.05) is 32.0 Å². The summed E-state index contributed by atoms with van der Waals surface area (Å²) in [6.07, 6.45) is 3.08. The Bertz CT molecular complexity index is 775. The largest absolute Gasteiger partial charge is 0.481 e. The molecule has 0 spiro atoms. The van der Waals surface area contributed by atoms with Crippen LogP contribution in [0.4, 0.5) is 0 Å². The Labute approximate surface area is 151 Å². The quantitative estimate of drug-likeness (QED) is 0.783. The van der Waals surface area contributed by atoms with Gasteiger partial charge in [-0.15, -0.1) is 0 Å². The molecule has 0 unspecified atom stereocenters. The van der Waals surface area contributed by atoms with Crippen LogP contribution in [0.25, 0.3) is 0 Å². The van der Waals surface area contributed by atoms with Crippen molar-refractivity contribution >= 4 is 11.8 Å². The topological polar surface area (TPSA) is 85.1 Å². The lowest BCUT2D eigenvalue weighted by Gasteiger charge is -2.28. The molecule has 2 amide bonds. The van der Waals surface area contributed by atoms with Crippen LogP contribution in [0.1, 0.15) is 29.0 Å². The fourth-order valence-corrected chi connectivity index (χ4v) is 2.89. The van der Waals surface area contributed by atoms with E-state index in [1.54, 1.807) is 24.5 Å².